The Morgan fingerprint density at radius 3 is 2.19 bits per heavy atom. The average Bonchev–Trinajstić information content (AvgIpc) is 2.45. The molecule has 112 valence electrons. The molecule has 0 aliphatic carbocycles. The van der Waals surface area contributed by atoms with Gasteiger partial charge in [-0.1, -0.05) is 35.3 Å². The summed E-state index contributed by atoms with van der Waals surface area (Å²) < 4.78 is 5.37. The van der Waals surface area contributed by atoms with E-state index in [0.717, 1.165) is 28.0 Å². The van der Waals surface area contributed by atoms with Crippen LogP contribution in [0, 0.1) is 13.8 Å². The molecular formula is C17H19Cl2NO. The average molecular weight is 324 g/mol. The van der Waals surface area contributed by atoms with Crippen molar-refractivity contribution in [2.75, 3.05) is 14.2 Å². The number of methoxy groups -OCH3 is 1. The van der Waals surface area contributed by atoms with Crippen LogP contribution in [-0.2, 0) is 0 Å². The minimum Gasteiger partial charge on any atom is -0.496 e. The molecule has 0 bridgehead atoms. The van der Waals surface area contributed by atoms with Crippen LogP contribution in [0.5, 0.6) is 5.75 Å². The highest BCUT2D eigenvalue weighted by atomic mass is 35.5. The van der Waals surface area contributed by atoms with Crippen molar-refractivity contribution < 1.29 is 4.74 Å². The van der Waals surface area contributed by atoms with Crippen LogP contribution in [0.1, 0.15) is 28.3 Å². The van der Waals surface area contributed by atoms with Gasteiger partial charge in [-0.15, -0.1) is 0 Å². The van der Waals surface area contributed by atoms with Gasteiger partial charge in [-0.2, -0.15) is 0 Å². The van der Waals surface area contributed by atoms with Gasteiger partial charge in [0.2, 0.25) is 0 Å². The third-order valence-corrected chi connectivity index (χ3v) is 4.33. The van der Waals surface area contributed by atoms with Crippen LogP contribution in [0.2, 0.25) is 10.0 Å². The molecular weight excluding hydrogens is 305 g/mol. The van der Waals surface area contributed by atoms with Crippen LogP contribution in [0.15, 0.2) is 30.3 Å². The first kappa shape index (κ1) is 16.2. The molecule has 0 aliphatic heterocycles. The number of ether oxygens (including phenoxy) is 1. The Hall–Kier alpha value is -1.22. The van der Waals surface area contributed by atoms with Crippen LogP contribution in [0.25, 0.3) is 0 Å². The van der Waals surface area contributed by atoms with E-state index in [1.165, 1.54) is 0 Å². The van der Waals surface area contributed by atoms with Gasteiger partial charge < -0.3 is 10.1 Å². The standard InChI is InChI=1S/C17H19Cl2NO/c1-10-9-15(21-4)11(2)8-12(10)17(20-3)16-13(18)6-5-7-14(16)19/h5-9,17,20H,1-4H3. The summed E-state index contributed by atoms with van der Waals surface area (Å²) in [7, 11) is 3.59. The lowest BCUT2D eigenvalue weighted by Crippen LogP contribution is -2.20. The fourth-order valence-corrected chi connectivity index (χ4v) is 3.20. The Balaban J connectivity index is 2.60. The molecule has 21 heavy (non-hydrogen) atoms. The van der Waals surface area contributed by atoms with Crippen LogP contribution < -0.4 is 10.1 Å². The van der Waals surface area contributed by atoms with Gasteiger partial charge in [0, 0.05) is 15.6 Å². The first-order valence-electron chi connectivity index (χ1n) is 6.76. The largest absolute Gasteiger partial charge is 0.496 e. The van der Waals surface area contributed by atoms with Crippen molar-refractivity contribution in [3.63, 3.8) is 0 Å². The zero-order valence-electron chi connectivity index (χ0n) is 12.6. The van der Waals surface area contributed by atoms with E-state index in [0.29, 0.717) is 10.0 Å². The number of rotatable bonds is 4. The topological polar surface area (TPSA) is 21.3 Å². The molecule has 0 saturated heterocycles. The lowest BCUT2D eigenvalue weighted by atomic mass is 9.93. The fraction of sp³-hybridized carbons (Fsp3) is 0.294. The molecule has 0 amide bonds. The van der Waals surface area contributed by atoms with Crippen molar-refractivity contribution in [2.24, 2.45) is 0 Å². The SMILES string of the molecule is CNC(c1cc(C)c(OC)cc1C)c1c(Cl)cccc1Cl. The molecule has 2 rings (SSSR count). The van der Waals surface area contributed by atoms with Gasteiger partial charge in [0.25, 0.3) is 0 Å². The second kappa shape index (κ2) is 6.69. The normalized spacial score (nSPS) is 12.3. The first-order chi connectivity index (χ1) is 9.99. The summed E-state index contributed by atoms with van der Waals surface area (Å²) >= 11 is 12.7. The summed E-state index contributed by atoms with van der Waals surface area (Å²) in [6.45, 7) is 4.09. The monoisotopic (exact) mass is 323 g/mol. The summed E-state index contributed by atoms with van der Waals surface area (Å²) in [5, 5.41) is 4.64. The van der Waals surface area contributed by atoms with Crippen molar-refractivity contribution in [3.8, 4) is 5.75 Å². The van der Waals surface area contributed by atoms with Crippen molar-refractivity contribution >= 4 is 23.2 Å². The highest BCUT2D eigenvalue weighted by Crippen LogP contribution is 2.36. The molecule has 1 unspecified atom stereocenters. The Kier molecular flexibility index (Phi) is 5.15. The summed E-state index contributed by atoms with van der Waals surface area (Å²) in [5.74, 6) is 0.886. The zero-order chi connectivity index (χ0) is 15.6. The molecule has 0 spiro atoms. The van der Waals surface area contributed by atoms with Gasteiger partial charge in [0.05, 0.1) is 13.2 Å². The van der Waals surface area contributed by atoms with Crippen molar-refractivity contribution in [3.05, 3.63) is 62.6 Å². The van der Waals surface area contributed by atoms with E-state index in [4.69, 9.17) is 27.9 Å². The number of hydrogen-bond acceptors (Lipinski definition) is 2. The highest BCUT2D eigenvalue weighted by molar-refractivity contribution is 6.36. The molecule has 0 aliphatic rings. The summed E-state index contributed by atoms with van der Waals surface area (Å²) in [4.78, 5) is 0. The van der Waals surface area contributed by atoms with Crippen LogP contribution in [0.3, 0.4) is 0 Å². The van der Waals surface area contributed by atoms with Crippen LogP contribution in [-0.4, -0.2) is 14.2 Å². The molecule has 2 aromatic rings. The molecule has 0 fully saturated rings. The molecule has 2 nitrogen and oxygen atoms in total. The van der Waals surface area contributed by atoms with E-state index in [1.54, 1.807) is 7.11 Å². The van der Waals surface area contributed by atoms with Gasteiger partial charge in [-0.3, -0.25) is 0 Å². The van der Waals surface area contributed by atoms with E-state index >= 15 is 0 Å². The van der Waals surface area contributed by atoms with Crippen LogP contribution >= 0.6 is 23.2 Å². The molecule has 1 atom stereocenters. The quantitative estimate of drug-likeness (QED) is 0.861. The van der Waals surface area contributed by atoms with E-state index < -0.39 is 0 Å². The van der Waals surface area contributed by atoms with Crippen molar-refractivity contribution in [1.29, 1.82) is 0 Å². The van der Waals surface area contributed by atoms with E-state index in [9.17, 15) is 0 Å². The van der Waals surface area contributed by atoms with Gasteiger partial charge in [0.1, 0.15) is 5.75 Å². The van der Waals surface area contributed by atoms with E-state index in [-0.39, 0.29) is 6.04 Å². The summed E-state index contributed by atoms with van der Waals surface area (Å²) in [5.41, 5.74) is 4.26. The smallest absolute Gasteiger partial charge is 0.122 e. The van der Waals surface area contributed by atoms with E-state index in [2.05, 4.69) is 18.3 Å². The lowest BCUT2D eigenvalue weighted by Gasteiger charge is -2.23. The lowest BCUT2D eigenvalue weighted by molar-refractivity contribution is 0.411. The Morgan fingerprint density at radius 1 is 1.05 bits per heavy atom. The molecule has 0 heterocycles. The van der Waals surface area contributed by atoms with Gasteiger partial charge in [-0.05, 0) is 55.8 Å². The zero-order valence-corrected chi connectivity index (χ0v) is 14.1. The predicted molar refractivity (Wildman–Crippen MR) is 89.8 cm³/mol. The Morgan fingerprint density at radius 2 is 1.67 bits per heavy atom. The fourth-order valence-electron chi connectivity index (χ4n) is 2.58. The minimum atomic E-state index is -0.0594. The summed E-state index contributed by atoms with van der Waals surface area (Å²) in [6.07, 6.45) is 0. The Bertz CT molecular complexity index is 635. The van der Waals surface area contributed by atoms with Gasteiger partial charge in [0.15, 0.2) is 0 Å². The second-order valence-electron chi connectivity index (χ2n) is 5.04. The first-order valence-corrected chi connectivity index (χ1v) is 7.51. The third-order valence-electron chi connectivity index (χ3n) is 3.67. The Labute approximate surface area is 136 Å². The highest BCUT2D eigenvalue weighted by Gasteiger charge is 2.21. The van der Waals surface area contributed by atoms with Crippen LogP contribution in [0.4, 0.5) is 0 Å². The maximum atomic E-state index is 6.35. The molecule has 4 heteroatoms. The van der Waals surface area contributed by atoms with E-state index in [1.807, 2.05) is 38.2 Å². The maximum Gasteiger partial charge on any atom is 0.122 e. The molecule has 2 aromatic carbocycles. The molecule has 1 N–H and O–H groups in total. The van der Waals surface area contributed by atoms with Gasteiger partial charge in [-0.25, -0.2) is 0 Å². The number of hydrogen-bond donors (Lipinski definition) is 1. The number of benzene rings is 2. The number of aryl methyl sites for hydroxylation is 2. The number of nitrogens with one attached hydrogen (secondary N) is 1. The predicted octanol–water partition coefficient (Wildman–Crippen LogP) is 4.93. The van der Waals surface area contributed by atoms with Crippen molar-refractivity contribution in [2.45, 2.75) is 19.9 Å². The number of halogens is 2. The minimum absolute atomic E-state index is 0.0594. The third kappa shape index (κ3) is 3.18. The maximum absolute atomic E-state index is 6.35. The molecule has 0 aromatic heterocycles. The summed E-state index contributed by atoms with van der Waals surface area (Å²) in [6, 6.07) is 9.68. The van der Waals surface area contributed by atoms with Gasteiger partial charge >= 0.3 is 0 Å². The second-order valence-corrected chi connectivity index (χ2v) is 5.85. The molecule has 0 saturated carbocycles. The molecule has 0 radical (unpaired) electrons. The van der Waals surface area contributed by atoms with Crippen molar-refractivity contribution in [1.82, 2.24) is 5.32 Å².